The summed E-state index contributed by atoms with van der Waals surface area (Å²) in [4.78, 5) is 29.3. The van der Waals surface area contributed by atoms with Crippen LogP contribution in [0.1, 0.15) is 29.6 Å². The van der Waals surface area contributed by atoms with Crippen LogP contribution in [0, 0.1) is 5.41 Å². The number of hydrogen-bond donors (Lipinski definition) is 0. The normalized spacial score (nSPS) is 16.1. The van der Waals surface area contributed by atoms with Crippen molar-refractivity contribution in [2.45, 2.75) is 19.3 Å². The SMILES string of the molecule is COC(=O)C1(C(=O)c2cc(OC)cc3sc(Cl)nc23)CCC1. The largest absolute Gasteiger partial charge is 0.497 e. The molecule has 1 fully saturated rings. The summed E-state index contributed by atoms with van der Waals surface area (Å²) in [5.74, 6) is -0.215. The van der Waals surface area contributed by atoms with E-state index in [1.54, 1.807) is 12.1 Å². The molecular weight excluding hydrogens is 326 g/mol. The van der Waals surface area contributed by atoms with Crippen molar-refractivity contribution >= 4 is 44.9 Å². The van der Waals surface area contributed by atoms with Crippen LogP contribution in [0.15, 0.2) is 12.1 Å². The topological polar surface area (TPSA) is 65.5 Å². The van der Waals surface area contributed by atoms with Crippen molar-refractivity contribution in [3.05, 3.63) is 22.2 Å². The Morgan fingerprint density at radius 1 is 1.32 bits per heavy atom. The average Bonchev–Trinajstić information content (AvgIpc) is 2.84. The van der Waals surface area contributed by atoms with Gasteiger partial charge in [0.25, 0.3) is 0 Å². The van der Waals surface area contributed by atoms with Crippen LogP contribution in [0.3, 0.4) is 0 Å². The minimum Gasteiger partial charge on any atom is -0.497 e. The maximum Gasteiger partial charge on any atom is 0.319 e. The van der Waals surface area contributed by atoms with Crippen LogP contribution in [-0.2, 0) is 9.53 Å². The van der Waals surface area contributed by atoms with Gasteiger partial charge in [-0.1, -0.05) is 18.0 Å². The van der Waals surface area contributed by atoms with Gasteiger partial charge < -0.3 is 9.47 Å². The van der Waals surface area contributed by atoms with E-state index in [0.29, 0.717) is 34.1 Å². The number of thiazole rings is 1. The fraction of sp³-hybridized carbons (Fsp3) is 0.400. The molecule has 0 atom stereocenters. The number of ether oxygens (including phenoxy) is 2. The highest BCUT2D eigenvalue weighted by Gasteiger charge is 2.52. The number of benzene rings is 1. The van der Waals surface area contributed by atoms with Gasteiger partial charge in [-0.05, 0) is 25.0 Å². The van der Waals surface area contributed by atoms with Gasteiger partial charge >= 0.3 is 5.97 Å². The van der Waals surface area contributed by atoms with Crippen LogP contribution in [0.5, 0.6) is 5.75 Å². The zero-order chi connectivity index (χ0) is 15.9. The molecule has 22 heavy (non-hydrogen) atoms. The Labute approximate surface area is 136 Å². The highest BCUT2D eigenvalue weighted by atomic mass is 35.5. The number of methoxy groups -OCH3 is 2. The van der Waals surface area contributed by atoms with E-state index in [2.05, 4.69) is 4.98 Å². The van der Waals surface area contributed by atoms with Gasteiger partial charge in [-0.3, -0.25) is 9.59 Å². The number of Topliss-reactive ketones (excluding diaryl/α,β-unsaturated/α-hetero) is 1. The lowest BCUT2D eigenvalue weighted by Crippen LogP contribution is -2.46. The molecule has 0 radical (unpaired) electrons. The number of fused-ring (bicyclic) bond motifs is 1. The quantitative estimate of drug-likeness (QED) is 0.484. The van der Waals surface area contributed by atoms with Crippen LogP contribution in [0.25, 0.3) is 10.2 Å². The summed E-state index contributed by atoms with van der Waals surface area (Å²) in [6, 6.07) is 3.39. The van der Waals surface area contributed by atoms with Gasteiger partial charge in [0.15, 0.2) is 10.3 Å². The molecule has 1 aromatic carbocycles. The minimum absolute atomic E-state index is 0.267. The van der Waals surface area contributed by atoms with Crippen molar-refractivity contribution in [3.8, 4) is 5.75 Å². The third-order valence-electron chi connectivity index (χ3n) is 4.14. The predicted molar refractivity (Wildman–Crippen MR) is 83.8 cm³/mol. The number of ketones is 1. The maximum absolute atomic E-state index is 13.0. The first-order valence-corrected chi connectivity index (χ1v) is 7.98. The molecule has 0 saturated heterocycles. The third-order valence-corrected chi connectivity index (χ3v) is 5.25. The molecule has 0 bridgehead atoms. The number of halogens is 1. The Morgan fingerprint density at radius 2 is 2.05 bits per heavy atom. The van der Waals surface area contributed by atoms with Crippen LogP contribution in [-0.4, -0.2) is 31.0 Å². The Bertz CT molecular complexity index is 766. The van der Waals surface area contributed by atoms with Gasteiger partial charge in [-0.25, -0.2) is 4.98 Å². The molecule has 0 amide bonds. The number of nitrogens with zero attached hydrogens (tertiary/aromatic N) is 1. The van der Waals surface area contributed by atoms with Crippen molar-refractivity contribution < 1.29 is 19.1 Å². The Balaban J connectivity index is 2.16. The molecule has 0 N–H and O–H groups in total. The van der Waals surface area contributed by atoms with Crippen LogP contribution >= 0.6 is 22.9 Å². The van der Waals surface area contributed by atoms with Gasteiger partial charge in [0.1, 0.15) is 11.2 Å². The summed E-state index contributed by atoms with van der Waals surface area (Å²) < 4.78 is 11.2. The summed E-state index contributed by atoms with van der Waals surface area (Å²) >= 11 is 7.24. The summed E-state index contributed by atoms with van der Waals surface area (Å²) in [6.07, 6.45) is 1.82. The number of aromatic nitrogens is 1. The van der Waals surface area contributed by atoms with E-state index in [1.165, 1.54) is 25.6 Å². The van der Waals surface area contributed by atoms with E-state index >= 15 is 0 Å². The van der Waals surface area contributed by atoms with E-state index < -0.39 is 11.4 Å². The van der Waals surface area contributed by atoms with Gasteiger partial charge in [-0.2, -0.15) is 0 Å². The van der Waals surface area contributed by atoms with Gasteiger partial charge in [0, 0.05) is 5.56 Å². The number of carbonyl (C=O) groups excluding carboxylic acids is 2. The zero-order valence-corrected chi connectivity index (χ0v) is 13.7. The Morgan fingerprint density at radius 3 is 2.59 bits per heavy atom. The molecule has 0 aliphatic heterocycles. The summed E-state index contributed by atoms with van der Waals surface area (Å²) in [7, 11) is 2.83. The van der Waals surface area contributed by atoms with Crippen molar-refractivity contribution in [3.63, 3.8) is 0 Å². The molecule has 0 unspecified atom stereocenters. The van der Waals surface area contributed by atoms with Gasteiger partial charge in [0.05, 0.1) is 24.4 Å². The number of carbonyl (C=O) groups is 2. The van der Waals surface area contributed by atoms with Crippen molar-refractivity contribution in [1.29, 1.82) is 0 Å². The molecule has 1 aliphatic rings. The first-order valence-electron chi connectivity index (χ1n) is 6.79. The van der Waals surface area contributed by atoms with E-state index in [-0.39, 0.29) is 5.78 Å². The molecule has 1 aliphatic carbocycles. The number of rotatable bonds is 4. The molecule has 0 spiro atoms. The molecule has 1 saturated carbocycles. The monoisotopic (exact) mass is 339 g/mol. The lowest BCUT2D eigenvalue weighted by molar-refractivity contribution is -0.153. The van der Waals surface area contributed by atoms with Crippen LogP contribution in [0.4, 0.5) is 0 Å². The fourth-order valence-corrected chi connectivity index (χ4v) is 3.86. The predicted octanol–water partition coefficient (Wildman–Crippen LogP) is 3.48. The fourth-order valence-electron chi connectivity index (χ4n) is 2.78. The number of hydrogen-bond acceptors (Lipinski definition) is 6. The van der Waals surface area contributed by atoms with Crippen LogP contribution < -0.4 is 4.74 Å². The smallest absolute Gasteiger partial charge is 0.319 e. The first-order chi connectivity index (χ1) is 10.5. The lowest BCUT2D eigenvalue weighted by Gasteiger charge is -2.37. The molecule has 116 valence electrons. The second-order valence-corrected chi connectivity index (χ2v) is 6.86. The Kier molecular flexibility index (Phi) is 3.82. The molecule has 2 aromatic rings. The first kappa shape index (κ1) is 15.2. The van der Waals surface area contributed by atoms with Gasteiger partial charge in [-0.15, -0.1) is 11.3 Å². The maximum atomic E-state index is 13.0. The average molecular weight is 340 g/mol. The molecule has 1 aromatic heterocycles. The summed E-state index contributed by atoms with van der Waals surface area (Å²) in [6.45, 7) is 0. The molecular formula is C15H14ClNO4S. The highest BCUT2D eigenvalue weighted by Crippen LogP contribution is 2.46. The molecule has 3 rings (SSSR count). The molecule has 1 heterocycles. The van der Waals surface area contributed by atoms with Crippen LogP contribution in [0.2, 0.25) is 4.47 Å². The number of esters is 1. The highest BCUT2D eigenvalue weighted by molar-refractivity contribution is 7.22. The van der Waals surface area contributed by atoms with E-state index in [1.807, 2.05) is 0 Å². The standard InChI is InChI=1S/C15H14ClNO4S/c1-20-8-6-9(11-10(7-8)22-14(16)17-11)12(18)15(4-3-5-15)13(19)21-2/h6-7H,3-5H2,1-2H3. The lowest BCUT2D eigenvalue weighted by atomic mass is 9.64. The zero-order valence-electron chi connectivity index (χ0n) is 12.1. The minimum atomic E-state index is -1.09. The second kappa shape index (κ2) is 5.52. The van der Waals surface area contributed by atoms with E-state index in [4.69, 9.17) is 21.1 Å². The van der Waals surface area contributed by atoms with Crippen molar-refractivity contribution in [2.75, 3.05) is 14.2 Å². The van der Waals surface area contributed by atoms with Gasteiger partial charge in [0.2, 0.25) is 0 Å². The van der Waals surface area contributed by atoms with E-state index in [9.17, 15) is 9.59 Å². The Hall–Kier alpha value is -1.66. The van der Waals surface area contributed by atoms with Crippen molar-refractivity contribution in [1.82, 2.24) is 4.98 Å². The molecule has 5 nitrogen and oxygen atoms in total. The second-order valence-electron chi connectivity index (χ2n) is 5.24. The summed E-state index contributed by atoms with van der Waals surface area (Å²) in [5.41, 5.74) is -0.219. The summed E-state index contributed by atoms with van der Waals surface area (Å²) in [5, 5.41) is 0. The third kappa shape index (κ3) is 2.18. The molecule has 7 heteroatoms. The van der Waals surface area contributed by atoms with E-state index in [0.717, 1.165) is 11.1 Å². The van der Waals surface area contributed by atoms with Crippen molar-refractivity contribution in [2.24, 2.45) is 5.41 Å².